The highest BCUT2D eigenvalue weighted by Gasteiger charge is 2.31. The van der Waals surface area contributed by atoms with Gasteiger partial charge >= 0.3 is 0 Å². The molecule has 3 atom stereocenters. The van der Waals surface area contributed by atoms with Gasteiger partial charge in [0.25, 0.3) is 0 Å². The van der Waals surface area contributed by atoms with E-state index < -0.39 is 6.17 Å². The fourth-order valence-electron chi connectivity index (χ4n) is 4.06. The van der Waals surface area contributed by atoms with Crippen molar-refractivity contribution < 1.29 is 4.39 Å². The molecule has 0 radical (unpaired) electrons. The lowest BCUT2D eigenvalue weighted by Crippen LogP contribution is -2.34. The quantitative estimate of drug-likeness (QED) is 0.475. The Bertz CT molecular complexity index is 736. The third kappa shape index (κ3) is 6.98. The highest BCUT2D eigenvalue weighted by atomic mass is 19.1. The fraction of sp³-hybridized carbons (Fsp3) is 0.500. The monoisotopic (exact) mass is 394 g/mol. The van der Waals surface area contributed by atoms with Crippen LogP contribution in [0.3, 0.4) is 0 Å². The number of nitriles is 1. The number of halogens is 1. The van der Waals surface area contributed by atoms with Crippen molar-refractivity contribution in [2.45, 2.75) is 77.6 Å². The Kier molecular flexibility index (Phi) is 9.88. The average molecular weight is 395 g/mol. The molecule has 0 spiro atoms. The highest BCUT2D eigenvalue weighted by Crippen LogP contribution is 2.39. The number of nitrogens with zero attached hydrogens (tertiary/aromatic N) is 2. The van der Waals surface area contributed by atoms with Crippen molar-refractivity contribution in [2.24, 2.45) is 0 Å². The molecule has 0 bridgehead atoms. The van der Waals surface area contributed by atoms with E-state index in [-0.39, 0.29) is 5.92 Å². The predicted octanol–water partition coefficient (Wildman–Crippen LogP) is 6.67. The first-order valence-corrected chi connectivity index (χ1v) is 10.9. The lowest BCUT2D eigenvalue weighted by atomic mass is 9.78. The summed E-state index contributed by atoms with van der Waals surface area (Å²) >= 11 is 0. The van der Waals surface area contributed by atoms with Gasteiger partial charge in [0.05, 0.1) is 6.07 Å². The van der Waals surface area contributed by atoms with E-state index >= 15 is 0 Å². The molecular weight excluding hydrogens is 359 g/mol. The number of hydrogen-bond donors (Lipinski definition) is 0. The van der Waals surface area contributed by atoms with E-state index in [4.69, 9.17) is 5.26 Å². The predicted molar refractivity (Wildman–Crippen MR) is 120 cm³/mol. The third-order valence-corrected chi connectivity index (χ3v) is 5.99. The lowest BCUT2D eigenvalue weighted by molar-refractivity contribution is 0.170. The van der Waals surface area contributed by atoms with Crippen molar-refractivity contribution in [3.63, 3.8) is 0 Å². The van der Waals surface area contributed by atoms with Gasteiger partial charge in [0.15, 0.2) is 0 Å². The summed E-state index contributed by atoms with van der Waals surface area (Å²) in [4.78, 5) is 2.59. The second-order valence-electron chi connectivity index (χ2n) is 7.81. The molecule has 0 heterocycles. The molecule has 1 aliphatic carbocycles. The maximum Gasteiger partial charge on any atom is 0.107 e. The van der Waals surface area contributed by atoms with E-state index in [1.807, 2.05) is 0 Å². The van der Waals surface area contributed by atoms with E-state index in [9.17, 15) is 4.39 Å². The van der Waals surface area contributed by atoms with Crippen LogP contribution < -0.4 is 0 Å². The molecule has 0 saturated heterocycles. The Balaban J connectivity index is 0.000000941. The minimum atomic E-state index is -0.624. The molecule has 2 aromatic rings. The van der Waals surface area contributed by atoms with Crippen LogP contribution >= 0.6 is 0 Å². The van der Waals surface area contributed by atoms with Crippen molar-refractivity contribution in [1.29, 1.82) is 5.26 Å². The number of hydrogen-bond acceptors (Lipinski definition) is 2. The largest absolute Gasteiger partial charge is 0.296 e. The Morgan fingerprint density at radius 2 is 1.69 bits per heavy atom. The van der Waals surface area contributed by atoms with Crippen LogP contribution in [-0.4, -0.2) is 23.7 Å². The second-order valence-corrected chi connectivity index (χ2v) is 7.81. The van der Waals surface area contributed by atoms with E-state index in [0.29, 0.717) is 6.04 Å². The van der Waals surface area contributed by atoms with E-state index in [2.05, 4.69) is 73.3 Å². The van der Waals surface area contributed by atoms with Crippen molar-refractivity contribution >= 4 is 0 Å². The second kappa shape index (κ2) is 12.4. The van der Waals surface area contributed by atoms with Gasteiger partial charge in [-0.05, 0) is 55.3 Å². The third-order valence-electron chi connectivity index (χ3n) is 5.99. The molecule has 3 rings (SSSR count). The zero-order valence-corrected chi connectivity index (χ0v) is 18.2. The maximum absolute atomic E-state index is 13.6. The number of alkyl halides is 1. The molecule has 3 heteroatoms. The first kappa shape index (κ1) is 23.1. The molecule has 0 aliphatic heterocycles. The summed E-state index contributed by atoms with van der Waals surface area (Å²) in [6.07, 6.45) is 4.55. The van der Waals surface area contributed by atoms with Crippen LogP contribution in [0.25, 0.3) is 0 Å². The first-order valence-electron chi connectivity index (χ1n) is 10.9. The molecule has 0 amide bonds. The zero-order chi connectivity index (χ0) is 21.1. The van der Waals surface area contributed by atoms with Crippen LogP contribution in [0.4, 0.5) is 4.39 Å². The van der Waals surface area contributed by atoms with E-state index in [1.165, 1.54) is 36.5 Å². The van der Waals surface area contributed by atoms with Crippen LogP contribution in [-0.2, 0) is 13.0 Å². The summed E-state index contributed by atoms with van der Waals surface area (Å²) in [5, 5.41) is 7.32. The number of benzene rings is 2. The van der Waals surface area contributed by atoms with Crippen molar-refractivity contribution in [2.75, 3.05) is 6.54 Å². The smallest absolute Gasteiger partial charge is 0.107 e. The van der Waals surface area contributed by atoms with Crippen LogP contribution in [0, 0.1) is 11.3 Å². The average Bonchev–Trinajstić information content (AvgIpc) is 2.74. The molecule has 29 heavy (non-hydrogen) atoms. The van der Waals surface area contributed by atoms with Crippen LogP contribution in [0.2, 0.25) is 0 Å². The molecule has 1 saturated carbocycles. The Morgan fingerprint density at radius 3 is 2.17 bits per heavy atom. The molecule has 0 N–H and O–H groups in total. The Labute approximate surface area is 176 Å². The summed E-state index contributed by atoms with van der Waals surface area (Å²) in [5.74, 6) is 0.147. The van der Waals surface area contributed by atoms with Gasteiger partial charge in [-0.3, -0.25) is 4.90 Å². The fourth-order valence-corrected chi connectivity index (χ4v) is 4.06. The molecule has 1 fully saturated rings. The standard InChI is InChI=1S/C24H32FN.C2H3N/c1-3-22(26(4-2)18-20-8-6-5-7-9-20)15-12-19-10-13-21(14-11-19)23-16-17-24(23)25;1-2-3/h5-11,13-14,22-24H,3-4,12,15-18H2,1-2H3;1H3. The maximum atomic E-state index is 13.6. The van der Waals surface area contributed by atoms with Gasteiger partial charge in [-0.15, -0.1) is 0 Å². The molecule has 1 aliphatic rings. The molecule has 156 valence electrons. The summed E-state index contributed by atoms with van der Waals surface area (Å²) in [7, 11) is 0. The van der Waals surface area contributed by atoms with Crippen molar-refractivity contribution in [3.8, 4) is 6.07 Å². The van der Waals surface area contributed by atoms with Gasteiger partial charge in [0.2, 0.25) is 0 Å². The van der Waals surface area contributed by atoms with Gasteiger partial charge in [0, 0.05) is 25.4 Å². The summed E-state index contributed by atoms with van der Waals surface area (Å²) in [6, 6.07) is 21.8. The zero-order valence-electron chi connectivity index (χ0n) is 18.2. The summed E-state index contributed by atoms with van der Waals surface area (Å²) in [5.41, 5.74) is 3.94. The van der Waals surface area contributed by atoms with E-state index in [0.717, 1.165) is 32.4 Å². The molecule has 2 aromatic carbocycles. The highest BCUT2D eigenvalue weighted by molar-refractivity contribution is 5.28. The first-order chi connectivity index (χ1) is 14.1. The lowest BCUT2D eigenvalue weighted by Gasteiger charge is -2.31. The number of rotatable bonds is 9. The molecule has 3 unspecified atom stereocenters. The van der Waals surface area contributed by atoms with Crippen LogP contribution in [0.15, 0.2) is 54.6 Å². The summed E-state index contributed by atoms with van der Waals surface area (Å²) < 4.78 is 13.6. The minimum absolute atomic E-state index is 0.147. The minimum Gasteiger partial charge on any atom is -0.296 e. The van der Waals surface area contributed by atoms with Crippen LogP contribution in [0.5, 0.6) is 0 Å². The number of aryl methyl sites for hydroxylation is 1. The molecule has 2 nitrogen and oxygen atoms in total. The van der Waals surface area contributed by atoms with Gasteiger partial charge in [0.1, 0.15) is 6.17 Å². The van der Waals surface area contributed by atoms with Crippen LogP contribution in [0.1, 0.15) is 69.1 Å². The Hall–Kier alpha value is -2.18. The van der Waals surface area contributed by atoms with Gasteiger partial charge in [-0.2, -0.15) is 5.26 Å². The van der Waals surface area contributed by atoms with Gasteiger partial charge < -0.3 is 0 Å². The van der Waals surface area contributed by atoms with Gasteiger partial charge in [-0.25, -0.2) is 4.39 Å². The van der Waals surface area contributed by atoms with Gasteiger partial charge in [-0.1, -0.05) is 68.4 Å². The van der Waals surface area contributed by atoms with Crippen molar-refractivity contribution in [1.82, 2.24) is 4.90 Å². The topological polar surface area (TPSA) is 27.0 Å². The summed E-state index contributed by atoms with van der Waals surface area (Å²) in [6.45, 7) is 8.08. The normalized spacial score (nSPS) is 18.9. The van der Waals surface area contributed by atoms with Crippen molar-refractivity contribution in [3.05, 3.63) is 71.3 Å². The Morgan fingerprint density at radius 1 is 1.03 bits per heavy atom. The molecular formula is C26H35FN2. The SMILES string of the molecule is CC#N.CCC(CCc1ccc(C2CCC2F)cc1)N(CC)Cc1ccccc1. The molecule has 0 aromatic heterocycles. The van der Waals surface area contributed by atoms with E-state index in [1.54, 1.807) is 6.07 Å².